The first-order chi connectivity index (χ1) is 13.2. The summed E-state index contributed by atoms with van der Waals surface area (Å²) in [6.07, 6.45) is 10.0. The number of hydrogen-bond acceptors (Lipinski definition) is 4. The number of nitrogens with zero attached hydrogens (tertiary/aromatic N) is 3. The summed E-state index contributed by atoms with van der Waals surface area (Å²) in [6.45, 7) is 7.86. The van der Waals surface area contributed by atoms with E-state index in [1.165, 1.54) is 51.5 Å². The average molecular weight is 390 g/mol. The zero-order valence-electron chi connectivity index (χ0n) is 16.5. The summed E-state index contributed by atoms with van der Waals surface area (Å²) in [5, 5.41) is 6.06. The third-order valence-electron chi connectivity index (χ3n) is 6.60. The number of fused-ring (bicyclic) bond motifs is 1. The van der Waals surface area contributed by atoms with Gasteiger partial charge in [-0.3, -0.25) is 4.90 Å². The van der Waals surface area contributed by atoms with E-state index in [-0.39, 0.29) is 0 Å². The zero-order chi connectivity index (χ0) is 18.6. The van der Waals surface area contributed by atoms with Gasteiger partial charge < -0.3 is 9.42 Å². The van der Waals surface area contributed by atoms with E-state index in [1.807, 2.05) is 18.2 Å². The summed E-state index contributed by atoms with van der Waals surface area (Å²) in [5.74, 6) is 2.94. The van der Waals surface area contributed by atoms with Crippen molar-refractivity contribution >= 4 is 28.4 Å². The first-order valence-electron chi connectivity index (χ1n) is 10.7. The van der Waals surface area contributed by atoms with E-state index in [1.54, 1.807) is 0 Å². The van der Waals surface area contributed by atoms with Gasteiger partial charge in [-0.05, 0) is 36.9 Å². The minimum absolute atomic E-state index is 0.693. The summed E-state index contributed by atoms with van der Waals surface area (Å²) in [4.78, 5) is 4.99. The lowest BCUT2D eigenvalue weighted by atomic mass is 9.79. The van der Waals surface area contributed by atoms with Crippen molar-refractivity contribution in [1.29, 1.82) is 0 Å². The predicted molar refractivity (Wildman–Crippen MR) is 113 cm³/mol. The Hall–Kier alpha value is -1.26. The molecule has 0 spiro atoms. The third kappa shape index (κ3) is 4.60. The smallest absolute Gasteiger partial charge is 0.180 e. The van der Waals surface area contributed by atoms with Crippen LogP contribution in [-0.4, -0.2) is 42.8 Å². The minimum Gasteiger partial charge on any atom is -0.354 e. The van der Waals surface area contributed by atoms with Crippen LogP contribution in [-0.2, 0) is 0 Å². The molecule has 4 nitrogen and oxygen atoms in total. The number of hydrogen-bond donors (Lipinski definition) is 0. The van der Waals surface area contributed by atoms with Crippen molar-refractivity contribution in [1.82, 2.24) is 10.1 Å². The quantitative estimate of drug-likeness (QED) is 0.643. The topological polar surface area (TPSA) is 32.5 Å². The molecule has 1 aromatic carbocycles. The Morgan fingerprint density at radius 2 is 1.74 bits per heavy atom. The molecule has 1 aliphatic carbocycles. The van der Waals surface area contributed by atoms with Gasteiger partial charge in [-0.15, -0.1) is 0 Å². The van der Waals surface area contributed by atoms with E-state index >= 15 is 0 Å². The molecule has 1 aromatic heterocycles. The summed E-state index contributed by atoms with van der Waals surface area (Å²) in [5.41, 5.74) is 0.776. The summed E-state index contributed by atoms with van der Waals surface area (Å²) in [6, 6.07) is 5.78. The van der Waals surface area contributed by atoms with Crippen molar-refractivity contribution in [2.24, 2.45) is 11.8 Å². The van der Waals surface area contributed by atoms with E-state index in [9.17, 15) is 0 Å². The molecule has 0 atom stereocenters. The van der Waals surface area contributed by atoms with E-state index in [4.69, 9.17) is 16.1 Å². The Kier molecular flexibility index (Phi) is 6.24. The normalized spacial score (nSPS) is 24.6. The molecule has 1 aliphatic heterocycles. The lowest BCUT2D eigenvalue weighted by molar-refractivity contribution is 0.200. The zero-order valence-corrected chi connectivity index (χ0v) is 17.3. The van der Waals surface area contributed by atoms with Gasteiger partial charge in [0.1, 0.15) is 0 Å². The Bertz CT molecular complexity index is 730. The van der Waals surface area contributed by atoms with Crippen molar-refractivity contribution in [3.05, 3.63) is 23.2 Å². The van der Waals surface area contributed by atoms with E-state index < -0.39 is 0 Å². The number of aromatic nitrogens is 1. The highest BCUT2D eigenvalue weighted by atomic mass is 35.5. The van der Waals surface area contributed by atoms with Crippen LogP contribution in [0.5, 0.6) is 0 Å². The second kappa shape index (κ2) is 8.83. The second-order valence-electron chi connectivity index (χ2n) is 8.44. The Morgan fingerprint density at radius 1 is 1.04 bits per heavy atom. The van der Waals surface area contributed by atoms with Gasteiger partial charge in [0.2, 0.25) is 0 Å². The van der Waals surface area contributed by atoms with Crippen molar-refractivity contribution in [2.75, 3.05) is 37.6 Å². The third-order valence-corrected chi connectivity index (χ3v) is 6.84. The molecule has 0 N–H and O–H groups in total. The second-order valence-corrected chi connectivity index (χ2v) is 8.88. The van der Waals surface area contributed by atoms with Crippen LogP contribution in [0.1, 0.15) is 51.9 Å². The fourth-order valence-corrected chi connectivity index (χ4v) is 5.05. The summed E-state index contributed by atoms with van der Waals surface area (Å²) in [7, 11) is 0. The van der Waals surface area contributed by atoms with Gasteiger partial charge in [-0.25, -0.2) is 0 Å². The molecule has 2 aliphatic rings. The standard InChI is InChI=1S/C22H32ClN3O/c1-2-3-17-4-6-18(7-5-17)10-11-25-12-14-26(15-13-25)22-20-9-8-19(23)16-21(20)27-24-22/h8-9,16-18H,2-7,10-15H2,1H3. The number of piperazine rings is 1. The van der Waals surface area contributed by atoms with Crippen molar-refractivity contribution in [2.45, 2.75) is 51.9 Å². The lowest BCUT2D eigenvalue weighted by Crippen LogP contribution is -2.47. The molecule has 0 unspecified atom stereocenters. The molecule has 1 saturated heterocycles. The fraction of sp³-hybridized carbons (Fsp3) is 0.682. The van der Waals surface area contributed by atoms with Crippen LogP contribution in [0.4, 0.5) is 5.82 Å². The predicted octanol–water partition coefficient (Wildman–Crippen LogP) is 5.60. The molecule has 0 bridgehead atoms. The van der Waals surface area contributed by atoms with Crippen molar-refractivity contribution in [3.8, 4) is 0 Å². The van der Waals surface area contributed by atoms with Crippen LogP contribution in [0.15, 0.2) is 22.7 Å². The van der Waals surface area contributed by atoms with Gasteiger partial charge in [0.25, 0.3) is 0 Å². The van der Waals surface area contributed by atoms with Crippen LogP contribution < -0.4 is 4.90 Å². The molecule has 0 radical (unpaired) electrons. The number of rotatable bonds is 6. The van der Waals surface area contributed by atoms with Crippen molar-refractivity contribution < 1.29 is 4.52 Å². The van der Waals surface area contributed by atoms with Crippen LogP contribution in [0.3, 0.4) is 0 Å². The summed E-state index contributed by atoms with van der Waals surface area (Å²) >= 11 is 6.05. The SMILES string of the molecule is CCCC1CCC(CCN2CCN(c3noc4cc(Cl)ccc34)CC2)CC1. The number of anilines is 1. The highest BCUT2D eigenvalue weighted by Crippen LogP contribution is 2.33. The van der Waals surface area contributed by atoms with Crippen LogP contribution in [0.2, 0.25) is 5.02 Å². The molecule has 5 heteroatoms. The molecule has 0 amide bonds. The number of benzene rings is 1. The van der Waals surface area contributed by atoms with Gasteiger partial charge in [-0.2, -0.15) is 0 Å². The van der Waals surface area contributed by atoms with Crippen LogP contribution >= 0.6 is 11.6 Å². The first kappa shape index (κ1) is 19.1. The Labute approximate surface area is 167 Å². The van der Waals surface area contributed by atoms with Gasteiger partial charge in [0.05, 0.1) is 5.39 Å². The van der Waals surface area contributed by atoms with Gasteiger partial charge in [0.15, 0.2) is 11.4 Å². The maximum absolute atomic E-state index is 6.05. The van der Waals surface area contributed by atoms with Crippen LogP contribution in [0.25, 0.3) is 11.0 Å². The van der Waals surface area contributed by atoms with Crippen LogP contribution in [0, 0.1) is 11.8 Å². The number of halogens is 1. The lowest BCUT2D eigenvalue weighted by Gasteiger charge is -2.36. The average Bonchev–Trinajstić information content (AvgIpc) is 3.11. The maximum atomic E-state index is 6.05. The van der Waals surface area contributed by atoms with Crippen molar-refractivity contribution in [3.63, 3.8) is 0 Å². The van der Waals surface area contributed by atoms with Gasteiger partial charge in [0, 0.05) is 37.3 Å². The monoisotopic (exact) mass is 389 g/mol. The fourth-order valence-electron chi connectivity index (χ4n) is 4.89. The molecule has 2 heterocycles. The highest BCUT2D eigenvalue weighted by Gasteiger charge is 2.24. The molecular formula is C22H32ClN3O. The molecule has 1 saturated carbocycles. The minimum atomic E-state index is 0.693. The molecule has 4 rings (SSSR count). The molecule has 2 fully saturated rings. The van der Waals surface area contributed by atoms with E-state index in [0.717, 1.165) is 54.8 Å². The highest BCUT2D eigenvalue weighted by molar-refractivity contribution is 6.31. The van der Waals surface area contributed by atoms with Gasteiger partial charge in [-0.1, -0.05) is 62.2 Å². The molecule has 148 valence electrons. The largest absolute Gasteiger partial charge is 0.354 e. The van der Waals surface area contributed by atoms with E-state index in [2.05, 4.69) is 21.9 Å². The van der Waals surface area contributed by atoms with E-state index in [0.29, 0.717) is 5.02 Å². The molecule has 2 aromatic rings. The Balaban J connectivity index is 1.23. The molecule has 27 heavy (non-hydrogen) atoms. The first-order valence-corrected chi connectivity index (χ1v) is 11.1. The summed E-state index contributed by atoms with van der Waals surface area (Å²) < 4.78 is 5.47. The van der Waals surface area contributed by atoms with Gasteiger partial charge >= 0.3 is 0 Å². The Morgan fingerprint density at radius 3 is 2.44 bits per heavy atom. The maximum Gasteiger partial charge on any atom is 0.180 e. The molecular weight excluding hydrogens is 358 g/mol.